The fourth-order valence-corrected chi connectivity index (χ4v) is 4.30. The SMILES string of the molecule is CCOc1ccc(S(=O)(=O)N(CC(=O)Nc2ccc(C)cc2)c2ccccc2)cc1. The Morgan fingerprint density at radius 1 is 0.933 bits per heavy atom. The van der Waals surface area contributed by atoms with Gasteiger partial charge in [-0.15, -0.1) is 0 Å². The largest absolute Gasteiger partial charge is 0.494 e. The smallest absolute Gasteiger partial charge is 0.264 e. The first-order valence-electron chi connectivity index (χ1n) is 9.57. The summed E-state index contributed by atoms with van der Waals surface area (Å²) in [5, 5.41) is 2.75. The van der Waals surface area contributed by atoms with E-state index in [9.17, 15) is 13.2 Å². The van der Waals surface area contributed by atoms with Crippen molar-refractivity contribution in [2.45, 2.75) is 18.7 Å². The first-order valence-corrected chi connectivity index (χ1v) is 11.0. The van der Waals surface area contributed by atoms with E-state index in [0.717, 1.165) is 9.87 Å². The number of aryl methyl sites for hydroxylation is 1. The van der Waals surface area contributed by atoms with Gasteiger partial charge in [-0.25, -0.2) is 8.42 Å². The van der Waals surface area contributed by atoms with Gasteiger partial charge in [-0.2, -0.15) is 0 Å². The third-order valence-electron chi connectivity index (χ3n) is 4.39. The van der Waals surface area contributed by atoms with Crippen molar-refractivity contribution < 1.29 is 17.9 Å². The van der Waals surface area contributed by atoms with Crippen LogP contribution in [0.1, 0.15) is 12.5 Å². The number of para-hydroxylation sites is 1. The summed E-state index contributed by atoms with van der Waals surface area (Å²) in [5.74, 6) is 0.150. The van der Waals surface area contributed by atoms with Crippen LogP contribution >= 0.6 is 0 Å². The summed E-state index contributed by atoms with van der Waals surface area (Å²) in [5.41, 5.74) is 2.08. The molecule has 7 heteroatoms. The van der Waals surface area contributed by atoms with Crippen LogP contribution in [0.25, 0.3) is 0 Å². The molecule has 1 amide bonds. The number of ether oxygens (including phenoxy) is 1. The molecule has 0 unspecified atom stereocenters. The molecular weight excluding hydrogens is 400 g/mol. The Hall–Kier alpha value is -3.32. The Morgan fingerprint density at radius 3 is 2.17 bits per heavy atom. The fourth-order valence-electron chi connectivity index (χ4n) is 2.88. The number of nitrogens with one attached hydrogen (secondary N) is 1. The molecule has 6 nitrogen and oxygen atoms in total. The van der Waals surface area contributed by atoms with Crippen molar-refractivity contribution in [3.05, 3.63) is 84.4 Å². The van der Waals surface area contributed by atoms with Gasteiger partial charge in [0.1, 0.15) is 12.3 Å². The van der Waals surface area contributed by atoms with E-state index in [0.29, 0.717) is 23.7 Å². The third kappa shape index (κ3) is 5.18. The van der Waals surface area contributed by atoms with Crippen LogP contribution in [0, 0.1) is 6.92 Å². The number of hydrogen-bond donors (Lipinski definition) is 1. The molecule has 0 fully saturated rings. The minimum Gasteiger partial charge on any atom is -0.494 e. The average molecular weight is 425 g/mol. The highest BCUT2D eigenvalue weighted by Crippen LogP contribution is 2.25. The maximum atomic E-state index is 13.3. The van der Waals surface area contributed by atoms with Crippen molar-refractivity contribution in [3.8, 4) is 5.75 Å². The fraction of sp³-hybridized carbons (Fsp3) is 0.174. The summed E-state index contributed by atoms with van der Waals surface area (Å²) in [4.78, 5) is 12.7. The number of benzene rings is 3. The average Bonchev–Trinajstić information content (AvgIpc) is 2.75. The van der Waals surface area contributed by atoms with Crippen LogP contribution in [0.4, 0.5) is 11.4 Å². The van der Waals surface area contributed by atoms with Gasteiger partial charge in [0.05, 0.1) is 17.2 Å². The molecule has 0 radical (unpaired) electrons. The van der Waals surface area contributed by atoms with Crippen LogP contribution in [-0.4, -0.2) is 27.5 Å². The lowest BCUT2D eigenvalue weighted by Gasteiger charge is -2.24. The van der Waals surface area contributed by atoms with Gasteiger partial charge in [0.2, 0.25) is 5.91 Å². The molecule has 0 aliphatic heterocycles. The van der Waals surface area contributed by atoms with Gasteiger partial charge < -0.3 is 10.1 Å². The van der Waals surface area contributed by atoms with Crippen LogP contribution in [0.2, 0.25) is 0 Å². The molecule has 0 spiro atoms. The van der Waals surface area contributed by atoms with Crippen LogP contribution in [0.15, 0.2) is 83.8 Å². The maximum Gasteiger partial charge on any atom is 0.264 e. The van der Waals surface area contributed by atoms with E-state index in [4.69, 9.17) is 4.74 Å². The van der Waals surface area contributed by atoms with E-state index in [2.05, 4.69) is 5.32 Å². The van der Waals surface area contributed by atoms with Crippen molar-refractivity contribution >= 4 is 27.3 Å². The molecule has 1 N–H and O–H groups in total. The van der Waals surface area contributed by atoms with Crippen molar-refractivity contribution in [2.24, 2.45) is 0 Å². The molecule has 3 aromatic carbocycles. The van der Waals surface area contributed by atoms with E-state index >= 15 is 0 Å². The summed E-state index contributed by atoms with van der Waals surface area (Å²) >= 11 is 0. The predicted octanol–water partition coefficient (Wildman–Crippen LogP) is 4.23. The summed E-state index contributed by atoms with van der Waals surface area (Å²) in [6.45, 7) is 3.94. The number of rotatable bonds is 8. The minimum absolute atomic E-state index is 0.0814. The Kier molecular flexibility index (Phi) is 6.74. The Morgan fingerprint density at radius 2 is 1.57 bits per heavy atom. The number of sulfonamides is 1. The summed E-state index contributed by atoms with van der Waals surface area (Å²) in [6, 6.07) is 22.0. The van der Waals surface area contributed by atoms with E-state index in [1.807, 2.05) is 26.0 Å². The van der Waals surface area contributed by atoms with Crippen molar-refractivity contribution in [1.82, 2.24) is 0 Å². The summed E-state index contributed by atoms with van der Waals surface area (Å²) < 4.78 is 33.2. The van der Waals surface area contributed by atoms with Gasteiger partial charge >= 0.3 is 0 Å². The molecule has 0 heterocycles. The first-order chi connectivity index (χ1) is 14.4. The van der Waals surface area contributed by atoms with Crippen LogP contribution < -0.4 is 14.4 Å². The summed E-state index contributed by atoms with van der Waals surface area (Å²) in [7, 11) is -3.96. The number of carbonyl (C=O) groups excluding carboxylic acids is 1. The zero-order valence-corrected chi connectivity index (χ0v) is 17.7. The topological polar surface area (TPSA) is 75.7 Å². The number of carbonyl (C=O) groups is 1. The lowest BCUT2D eigenvalue weighted by molar-refractivity contribution is -0.114. The molecule has 0 saturated carbocycles. The molecule has 3 rings (SSSR count). The second-order valence-corrected chi connectivity index (χ2v) is 8.53. The van der Waals surface area contributed by atoms with E-state index < -0.39 is 15.9 Å². The normalized spacial score (nSPS) is 11.0. The van der Waals surface area contributed by atoms with Gasteiger partial charge in [0.25, 0.3) is 10.0 Å². The number of anilines is 2. The van der Waals surface area contributed by atoms with Gasteiger partial charge in [-0.1, -0.05) is 35.9 Å². The predicted molar refractivity (Wildman–Crippen MR) is 118 cm³/mol. The standard InChI is InChI=1S/C23H24N2O4S/c1-3-29-21-13-15-22(16-14-21)30(27,28)25(20-7-5-4-6-8-20)17-23(26)24-19-11-9-18(2)10-12-19/h4-16H,3,17H2,1-2H3,(H,24,26). The minimum atomic E-state index is -3.96. The second-order valence-electron chi connectivity index (χ2n) is 6.67. The molecule has 0 aliphatic carbocycles. The molecule has 156 valence electrons. The molecule has 3 aromatic rings. The van der Waals surface area contributed by atoms with Crippen molar-refractivity contribution in [3.63, 3.8) is 0 Å². The lowest BCUT2D eigenvalue weighted by atomic mass is 10.2. The van der Waals surface area contributed by atoms with Gasteiger partial charge in [0.15, 0.2) is 0 Å². The van der Waals surface area contributed by atoms with E-state index in [-0.39, 0.29) is 11.4 Å². The highest BCUT2D eigenvalue weighted by atomic mass is 32.2. The number of nitrogens with zero attached hydrogens (tertiary/aromatic N) is 1. The monoisotopic (exact) mass is 424 g/mol. The first kappa shape index (κ1) is 21.4. The highest BCUT2D eigenvalue weighted by Gasteiger charge is 2.27. The Balaban J connectivity index is 1.88. The van der Waals surface area contributed by atoms with E-state index in [1.54, 1.807) is 54.6 Å². The summed E-state index contributed by atoms with van der Waals surface area (Å²) in [6.07, 6.45) is 0. The molecular formula is C23H24N2O4S. The highest BCUT2D eigenvalue weighted by molar-refractivity contribution is 7.92. The zero-order valence-electron chi connectivity index (χ0n) is 16.9. The Bertz CT molecular complexity index is 1080. The molecule has 0 saturated heterocycles. The second kappa shape index (κ2) is 9.45. The molecule has 0 atom stereocenters. The van der Waals surface area contributed by atoms with Gasteiger partial charge in [-0.05, 0) is 62.4 Å². The number of amides is 1. The van der Waals surface area contributed by atoms with Crippen LogP contribution in [0.5, 0.6) is 5.75 Å². The van der Waals surface area contributed by atoms with Gasteiger partial charge in [0, 0.05) is 5.69 Å². The van der Waals surface area contributed by atoms with Crippen molar-refractivity contribution in [2.75, 3.05) is 22.8 Å². The van der Waals surface area contributed by atoms with E-state index in [1.165, 1.54) is 12.1 Å². The van der Waals surface area contributed by atoms with Crippen LogP contribution in [0.3, 0.4) is 0 Å². The van der Waals surface area contributed by atoms with Crippen molar-refractivity contribution in [1.29, 1.82) is 0 Å². The zero-order chi connectivity index (χ0) is 21.6. The van der Waals surface area contributed by atoms with Crippen LogP contribution in [-0.2, 0) is 14.8 Å². The maximum absolute atomic E-state index is 13.3. The molecule has 30 heavy (non-hydrogen) atoms. The van der Waals surface area contributed by atoms with Gasteiger partial charge in [-0.3, -0.25) is 9.10 Å². The Labute approximate surface area is 177 Å². The third-order valence-corrected chi connectivity index (χ3v) is 6.18. The molecule has 0 bridgehead atoms. The molecule has 0 aliphatic rings. The quantitative estimate of drug-likeness (QED) is 0.587. The number of hydrogen-bond acceptors (Lipinski definition) is 4. The molecule has 0 aromatic heterocycles. The lowest BCUT2D eigenvalue weighted by Crippen LogP contribution is -2.38.